The third-order valence-corrected chi connectivity index (χ3v) is 2.55. The Morgan fingerprint density at radius 1 is 1.50 bits per heavy atom. The number of hydrogen-bond acceptors (Lipinski definition) is 2. The minimum absolute atomic E-state index is 0.293. The highest BCUT2D eigenvalue weighted by Crippen LogP contribution is 2.10. The van der Waals surface area contributed by atoms with Gasteiger partial charge in [-0.05, 0) is 37.1 Å². The van der Waals surface area contributed by atoms with Gasteiger partial charge in [0.05, 0.1) is 11.6 Å². The van der Waals surface area contributed by atoms with Crippen LogP contribution in [0.5, 0.6) is 0 Å². The van der Waals surface area contributed by atoms with Gasteiger partial charge in [-0.25, -0.2) is 4.39 Å². The van der Waals surface area contributed by atoms with Crippen LogP contribution >= 0.6 is 0 Å². The Hall–Kier alpha value is -1.40. The lowest BCUT2D eigenvalue weighted by Crippen LogP contribution is -2.25. The van der Waals surface area contributed by atoms with Crippen LogP contribution in [-0.2, 0) is 6.54 Å². The van der Waals surface area contributed by atoms with E-state index in [1.54, 1.807) is 0 Å². The zero-order chi connectivity index (χ0) is 12.0. The molecular weight excluding hydrogens is 203 g/mol. The lowest BCUT2D eigenvalue weighted by Gasteiger charge is -2.13. The van der Waals surface area contributed by atoms with Gasteiger partial charge in [-0.3, -0.25) is 0 Å². The molecule has 0 fully saturated rings. The van der Waals surface area contributed by atoms with Crippen LogP contribution in [0.4, 0.5) is 4.39 Å². The molecule has 0 heterocycles. The zero-order valence-electron chi connectivity index (χ0n) is 9.76. The van der Waals surface area contributed by atoms with Crippen molar-refractivity contribution in [3.05, 3.63) is 35.1 Å². The van der Waals surface area contributed by atoms with E-state index < -0.39 is 0 Å². The maximum absolute atomic E-state index is 13.0. The highest BCUT2D eigenvalue weighted by molar-refractivity contribution is 5.37. The fourth-order valence-electron chi connectivity index (χ4n) is 1.64. The molecule has 16 heavy (non-hydrogen) atoms. The van der Waals surface area contributed by atoms with E-state index in [0.29, 0.717) is 18.2 Å². The van der Waals surface area contributed by atoms with Crippen LogP contribution in [0, 0.1) is 17.1 Å². The summed E-state index contributed by atoms with van der Waals surface area (Å²) in [5.74, 6) is -0.293. The molecule has 1 aromatic carbocycles. The third kappa shape index (κ3) is 3.63. The predicted molar refractivity (Wildman–Crippen MR) is 62.3 cm³/mol. The summed E-state index contributed by atoms with van der Waals surface area (Å²) in [7, 11) is 0. The number of nitriles is 1. The fraction of sp³-hybridized carbons (Fsp3) is 0.462. The number of nitrogens with one attached hydrogen (secondary N) is 1. The van der Waals surface area contributed by atoms with E-state index in [-0.39, 0.29) is 5.82 Å². The molecule has 2 nitrogen and oxygen atoms in total. The van der Waals surface area contributed by atoms with Crippen molar-refractivity contribution in [1.29, 1.82) is 5.26 Å². The van der Waals surface area contributed by atoms with Crippen molar-refractivity contribution in [2.45, 2.75) is 39.3 Å². The van der Waals surface area contributed by atoms with Gasteiger partial charge in [-0.2, -0.15) is 5.26 Å². The van der Waals surface area contributed by atoms with Gasteiger partial charge in [0.15, 0.2) is 0 Å². The van der Waals surface area contributed by atoms with Crippen LogP contribution < -0.4 is 5.32 Å². The summed E-state index contributed by atoms with van der Waals surface area (Å²) in [6.07, 6.45) is 2.19. The average Bonchev–Trinajstić information content (AvgIpc) is 2.27. The van der Waals surface area contributed by atoms with Crippen LogP contribution in [0.2, 0.25) is 0 Å². The molecule has 0 aromatic heterocycles. The van der Waals surface area contributed by atoms with Gasteiger partial charge in [0, 0.05) is 12.6 Å². The van der Waals surface area contributed by atoms with Crippen LogP contribution in [0.15, 0.2) is 18.2 Å². The molecule has 0 aliphatic heterocycles. The summed E-state index contributed by atoms with van der Waals surface area (Å²) in [6.45, 7) is 4.76. The van der Waals surface area contributed by atoms with Crippen LogP contribution in [0.25, 0.3) is 0 Å². The Morgan fingerprint density at radius 3 is 2.88 bits per heavy atom. The number of nitrogens with zero attached hydrogens (tertiary/aromatic N) is 1. The van der Waals surface area contributed by atoms with Gasteiger partial charge in [0.1, 0.15) is 5.82 Å². The van der Waals surface area contributed by atoms with Crippen molar-refractivity contribution in [3.8, 4) is 6.07 Å². The van der Waals surface area contributed by atoms with E-state index in [2.05, 4.69) is 25.2 Å². The normalized spacial score (nSPS) is 12.1. The van der Waals surface area contributed by atoms with Gasteiger partial charge in [0.25, 0.3) is 0 Å². The first-order valence-electron chi connectivity index (χ1n) is 5.59. The maximum Gasteiger partial charge on any atom is 0.123 e. The second-order valence-electron chi connectivity index (χ2n) is 3.98. The molecule has 86 valence electrons. The Kier molecular flexibility index (Phi) is 4.94. The molecule has 1 N–H and O–H groups in total. The minimum atomic E-state index is -0.293. The average molecular weight is 220 g/mol. The monoisotopic (exact) mass is 220 g/mol. The molecule has 0 spiro atoms. The first-order valence-corrected chi connectivity index (χ1v) is 5.59. The van der Waals surface area contributed by atoms with Gasteiger partial charge < -0.3 is 5.32 Å². The van der Waals surface area contributed by atoms with Gasteiger partial charge in [-0.15, -0.1) is 0 Å². The van der Waals surface area contributed by atoms with Gasteiger partial charge >= 0.3 is 0 Å². The summed E-state index contributed by atoms with van der Waals surface area (Å²) >= 11 is 0. The highest BCUT2D eigenvalue weighted by Gasteiger charge is 2.05. The molecule has 0 bridgehead atoms. The SMILES string of the molecule is CCCC(C)NCc1cc(F)ccc1C#N. The first kappa shape index (κ1) is 12.7. The maximum atomic E-state index is 13.0. The molecule has 3 heteroatoms. The zero-order valence-corrected chi connectivity index (χ0v) is 9.76. The lowest BCUT2D eigenvalue weighted by molar-refractivity contribution is 0.506. The molecule has 1 atom stereocenters. The summed E-state index contributed by atoms with van der Waals surface area (Å²) in [5.41, 5.74) is 1.27. The van der Waals surface area contributed by atoms with E-state index >= 15 is 0 Å². The van der Waals surface area contributed by atoms with Crippen molar-refractivity contribution >= 4 is 0 Å². The van der Waals surface area contributed by atoms with Crippen molar-refractivity contribution < 1.29 is 4.39 Å². The summed E-state index contributed by atoms with van der Waals surface area (Å²) in [6, 6.07) is 6.72. The summed E-state index contributed by atoms with van der Waals surface area (Å²) < 4.78 is 13.0. The van der Waals surface area contributed by atoms with Crippen LogP contribution in [-0.4, -0.2) is 6.04 Å². The van der Waals surface area contributed by atoms with Crippen LogP contribution in [0.1, 0.15) is 37.8 Å². The molecule has 1 aromatic rings. The van der Waals surface area contributed by atoms with Gasteiger partial charge in [0.2, 0.25) is 0 Å². The number of hydrogen-bond donors (Lipinski definition) is 1. The van der Waals surface area contributed by atoms with Gasteiger partial charge in [-0.1, -0.05) is 13.3 Å². The minimum Gasteiger partial charge on any atom is -0.310 e. The third-order valence-electron chi connectivity index (χ3n) is 2.55. The second-order valence-corrected chi connectivity index (χ2v) is 3.98. The predicted octanol–water partition coefficient (Wildman–Crippen LogP) is 2.98. The standard InChI is InChI=1S/C13H17FN2/c1-3-4-10(2)16-9-12-7-13(14)6-5-11(12)8-15/h5-7,10,16H,3-4,9H2,1-2H3. The fourth-order valence-corrected chi connectivity index (χ4v) is 1.64. The summed E-state index contributed by atoms with van der Waals surface area (Å²) in [5, 5.41) is 12.2. The quantitative estimate of drug-likeness (QED) is 0.828. The Morgan fingerprint density at radius 2 is 2.25 bits per heavy atom. The largest absolute Gasteiger partial charge is 0.310 e. The second kappa shape index (κ2) is 6.24. The van der Waals surface area contributed by atoms with Crippen molar-refractivity contribution in [2.75, 3.05) is 0 Å². The van der Waals surface area contributed by atoms with Crippen molar-refractivity contribution in [1.82, 2.24) is 5.32 Å². The molecule has 0 aliphatic rings. The molecule has 0 radical (unpaired) electrons. The van der Waals surface area contributed by atoms with E-state index in [1.165, 1.54) is 18.2 Å². The first-order chi connectivity index (χ1) is 7.67. The van der Waals surface area contributed by atoms with Crippen molar-refractivity contribution in [3.63, 3.8) is 0 Å². The van der Waals surface area contributed by atoms with E-state index in [9.17, 15) is 4.39 Å². The Bertz CT molecular complexity index is 382. The smallest absolute Gasteiger partial charge is 0.123 e. The summed E-state index contributed by atoms with van der Waals surface area (Å²) in [4.78, 5) is 0. The molecule has 0 aliphatic carbocycles. The molecule has 1 rings (SSSR count). The van der Waals surface area contributed by atoms with E-state index in [4.69, 9.17) is 5.26 Å². The number of rotatable bonds is 5. The Balaban J connectivity index is 2.66. The number of halogens is 1. The van der Waals surface area contributed by atoms with E-state index in [1.807, 2.05) is 0 Å². The molecule has 0 amide bonds. The topological polar surface area (TPSA) is 35.8 Å². The van der Waals surface area contributed by atoms with Crippen LogP contribution in [0.3, 0.4) is 0 Å². The lowest BCUT2D eigenvalue weighted by atomic mass is 10.1. The Labute approximate surface area is 96.1 Å². The molecule has 0 saturated heterocycles. The molecule has 1 unspecified atom stereocenters. The highest BCUT2D eigenvalue weighted by atomic mass is 19.1. The molecule has 0 saturated carbocycles. The number of benzene rings is 1. The van der Waals surface area contributed by atoms with Crippen molar-refractivity contribution in [2.24, 2.45) is 0 Å². The molecular formula is C13H17FN2. The van der Waals surface area contributed by atoms with E-state index in [0.717, 1.165) is 18.4 Å².